The normalized spacial score (nSPS) is 17.9. The fourth-order valence-electron chi connectivity index (χ4n) is 3.49. The molecule has 0 spiro atoms. The van der Waals surface area contributed by atoms with Crippen molar-refractivity contribution < 1.29 is 4.79 Å². The van der Waals surface area contributed by atoms with Crippen molar-refractivity contribution in [3.63, 3.8) is 0 Å². The van der Waals surface area contributed by atoms with Crippen LogP contribution < -0.4 is 10.6 Å². The third-order valence-electron chi connectivity index (χ3n) is 4.84. The van der Waals surface area contributed by atoms with Crippen LogP contribution in [0.5, 0.6) is 0 Å². The molecule has 0 bridgehead atoms. The van der Waals surface area contributed by atoms with E-state index >= 15 is 0 Å². The molecule has 1 aliphatic heterocycles. The largest absolute Gasteiger partial charge is 0.317 e. The second kappa shape index (κ2) is 6.42. The summed E-state index contributed by atoms with van der Waals surface area (Å²) in [6, 6.07) is 6.64. The van der Waals surface area contributed by atoms with Gasteiger partial charge in [-0.25, -0.2) is 4.98 Å². The molecule has 120 valence electrons. The van der Waals surface area contributed by atoms with Gasteiger partial charge in [0.05, 0.1) is 5.69 Å². The number of nitrogens with zero attached hydrogens (tertiary/aromatic N) is 1. The van der Waals surface area contributed by atoms with E-state index in [1.54, 1.807) is 0 Å². The Morgan fingerprint density at radius 2 is 2.04 bits per heavy atom. The van der Waals surface area contributed by atoms with E-state index in [1.807, 2.05) is 5.38 Å². The van der Waals surface area contributed by atoms with E-state index in [0.29, 0.717) is 5.13 Å². The zero-order valence-corrected chi connectivity index (χ0v) is 13.9. The van der Waals surface area contributed by atoms with Crippen LogP contribution in [0.1, 0.15) is 30.4 Å². The van der Waals surface area contributed by atoms with Crippen LogP contribution in [0.3, 0.4) is 0 Å². The quantitative estimate of drug-likeness (QED) is 0.910. The van der Waals surface area contributed by atoms with Crippen LogP contribution in [0.2, 0.25) is 0 Å². The number of hydrogen-bond acceptors (Lipinski definition) is 4. The third-order valence-corrected chi connectivity index (χ3v) is 5.60. The molecule has 23 heavy (non-hydrogen) atoms. The highest BCUT2D eigenvalue weighted by atomic mass is 32.1. The lowest BCUT2D eigenvalue weighted by molar-refractivity contribution is -0.120. The first-order chi connectivity index (χ1) is 11.3. The monoisotopic (exact) mass is 327 g/mol. The van der Waals surface area contributed by atoms with E-state index in [-0.39, 0.29) is 11.8 Å². The smallest absolute Gasteiger partial charge is 0.229 e. The summed E-state index contributed by atoms with van der Waals surface area (Å²) >= 11 is 1.51. The standard InChI is InChI=1S/C18H21N3OS/c22-17(13-6-8-19-9-7-13)21-18-20-16(11-23-18)15-5-4-12-2-1-3-14(12)10-15/h4-5,10-11,13,19H,1-3,6-9H2,(H,20,21,22). The molecule has 1 aliphatic carbocycles. The summed E-state index contributed by atoms with van der Waals surface area (Å²) in [5.41, 5.74) is 5.05. The van der Waals surface area contributed by atoms with Gasteiger partial charge in [-0.3, -0.25) is 4.79 Å². The molecule has 4 nitrogen and oxygen atoms in total. The molecule has 0 radical (unpaired) electrons. The Morgan fingerprint density at radius 1 is 1.22 bits per heavy atom. The summed E-state index contributed by atoms with van der Waals surface area (Å²) in [5, 5.41) is 9.03. The van der Waals surface area contributed by atoms with Crippen molar-refractivity contribution >= 4 is 22.4 Å². The number of anilines is 1. The first-order valence-corrected chi connectivity index (χ1v) is 9.27. The average Bonchev–Trinajstić information content (AvgIpc) is 3.23. The van der Waals surface area contributed by atoms with Crippen molar-refractivity contribution in [3.8, 4) is 11.3 Å². The maximum absolute atomic E-state index is 12.3. The highest BCUT2D eigenvalue weighted by Crippen LogP contribution is 2.30. The van der Waals surface area contributed by atoms with Crippen molar-refractivity contribution in [1.29, 1.82) is 0 Å². The van der Waals surface area contributed by atoms with Crippen LogP contribution in [0, 0.1) is 5.92 Å². The van der Waals surface area contributed by atoms with Crippen LogP contribution in [-0.2, 0) is 17.6 Å². The minimum absolute atomic E-state index is 0.112. The van der Waals surface area contributed by atoms with Crippen molar-refractivity contribution in [2.75, 3.05) is 18.4 Å². The van der Waals surface area contributed by atoms with Gasteiger partial charge in [-0.15, -0.1) is 11.3 Å². The Labute approximate surface area is 140 Å². The van der Waals surface area contributed by atoms with E-state index in [4.69, 9.17) is 0 Å². The summed E-state index contributed by atoms with van der Waals surface area (Å²) in [6.45, 7) is 1.85. The van der Waals surface area contributed by atoms with Gasteiger partial charge >= 0.3 is 0 Å². The van der Waals surface area contributed by atoms with Crippen LogP contribution in [0.25, 0.3) is 11.3 Å². The topological polar surface area (TPSA) is 54.0 Å². The summed E-state index contributed by atoms with van der Waals surface area (Å²) in [7, 11) is 0. The molecule has 0 saturated carbocycles. The number of aryl methyl sites for hydroxylation is 2. The number of carbonyl (C=O) groups is 1. The highest BCUT2D eigenvalue weighted by Gasteiger charge is 2.22. The van der Waals surface area contributed by atoms with E-state index in [9.17, 15) is 4.79 Å². The number of amides is 1. The van der Waals surface area contributed by atoms with E-state index in [2.05, 4.69) is 33.8 Å². The second-order valence-electron chi connectivity index (χ2n) is 6.39. The average molecular weight is 327 g/mol. The minimum Gasteiger partial charge on any atom is -0.317 e. The number of nitrogens with one attached hydrogen (secondary N) is 2. The molecule has 1 saturated heterocycles. The highest BCUT2D eigenvalue weighted by molar-refractivity contribution is 7.14. The number of benzene rings is 1. The number of carbonyl (C=O) groups excluding carboxylic acids is 1. The maximum atomic E-state index is 12.3. The number of hydrogen-bond donors (Lipinski definition) is 2. The van der Waals surface area contributed by atoms with Crippen LogP contribution in [0.15, 0.2) is 23.6 Å². The lowest BCUT2D eigenvalue weighted by Gasteiger charge is -2.20. The fraction of sp³-hybridized carbons (Fsp3) is 0.444. The fourth-order valence-corrected chi connectivity index (χ4v) is 4.21. The molecule has 2 aliphatic rings. The molecular formula is C18H21N3OS. The Morgan fingerprint density at radius 3 is 2.91 bits per heavy atom. The number of fused-ring (bicyclic) bond motifs is 1. The van der Waals surface area contributed by atoms with Crippen molar-refractivity contribution in [1.82, 2.24) is 10.3 Å². The molecule has 2 aromatic rings. The Balaban J connectivity index is 1.47. The Kier molecular flexibility index (Phi) is 4.14. The number of aromatic nitrogens is 1. The maximum Gasteiger partial charge on any atom is 0.229 e. The second-order valence-corrected chi connectivity index (χ2v) is 7.25. The van der Waals surface area contributed by atoms with Gasteiger partial charge in [-0.2, -0.15) is 0 Å². The molecule has 1 aromatic carbocycles. The van der Waals surface area contributed by atoms with E-state index < -0.39 is 0 Å². The first kappa shape index (κ1) is 14.8. The SMILES string of the molecule is O=C(Nc1nc(-c2ccc3c(c2)CCC3)cs1)C1CCNCC1. The van der Waals surface area contributed by atoms with Gasteiger partial charge in [-0.05, 0) is 62.4 Å². The molecule has 1 aromatic heterocycles. The third kappa shape index (κ3) is 3.16. The predicted octanol–water partition coefficient (Wildman–Crippen LogP) is 3.24. The molecular weight excluding hydrogens is 306 g/mol. The molecule has 4 rings (SSSR count). The predicted molar refractivity (Wildman–Crippen MR) is 93.8 cm³/mol. The van der Waals surface area contributed by atoms with Gasteiger partial charge in [-0.1, -0.05) is 12.1 Å². The van der Waals surface area contributed by atoms with E-state index in [0.717, 1.165) is 37.2 Å². The van der Waals surface area contributed by atoms with Crippen molar-refractivity contribution in [2.45, 2.75) is 32.1 Å². The van der Waals surface area contributed by atoms with Gasteiger partial charge in [0, 0.05) is 16.9 Å². The summed E-state index contributed by atoms with van der Waals surface area (Å²) < 4.78 is 0. The summed E-state index contributed by atoms with van der Waals surface area (Å²) in [6.07, 6.45) is 5.45. The Hall–Kier alpha value is -1.72. The molecule has 0 unspecified atom stereocenters. The number of thiazole rings is 1. The minimum atomic E-state index is 0.112. The van der Waals surface area contributed by atoms with Gasteiger partial charge in [0.15, 0.2) is 5.13 Å². The summed E-state index contributed by atoms with van der Waals surface area (Å²) in [4.78, 5) is 16.9. The van der Waals surface area contributed by atoms with Gasteiger partial charge in [0.2, 0.25) is 5.91 Å². The van der Waals surface area contributed by atoms with Crippen LogP contribution >= 0.6 is 11.3 Å². The molecule has 1 fully saturated rings. The molecule has 2 N–H and O–H groups in total. The van der Waals surface area contributed by atoms with Crippen molar-refractivity contribution in [2.24, 2.45) is 5.92 Å². The molecule has 1 amide bonds. The van der Waals surface area contributed by atoms with E-state index in [1.165, 1.54) is 41.7 Å². The first-order valence-electron chi connectivity index (χ1n) is 8.39. The van der Waals surface area contributed by atoms with Gasteiger partial charge in [0.1, 0.15) is 0 Å². The molecule has 5 heteroatoms. The number of piperidine rings is 1. The van der Waals surface area contributed by atoms with Crippen LogP contribution in [-0.4, -0.2) is 24.0 Å². The van der Waals surface area contributed by atoms with Gasteiger partial charge in [0.25, 0.3) is 0 Å². The molecule has 2 heterocycles. The van der Waals surface area contributed by atoms with Gasteiger partial charge < -0.3 is 10.6 Å². The van der Waals surface area contributed by atoms with Crippen LogP contribution in [0.4, 0.5) is 5.13 Å². The van der Waals surface area contributed by atoms with Crippen molar-refractivity contribution in [3.05, 3.63) is 34.7 Å². The Bertz CT molecular complexity index is 719. The lowest BCUT2D eigenvalue weighted by Crippen LogP contribution is -2.34. The molecule has 0 atom stereocenters. The zero-order valence-electron chi connectivity index (χ0n) is 13.1. The summed E-state index contributed by atoms with van der Waals surface area (Å²) in [5.74, 6) is 0.227. The zero-order chi connectivity index (χ0) is 15.6. The lowest BCUT2D eigenvalue weighted by atomic mass is 9.97. The number of rotatable bonds is 3.